The molecule has 3 heterocycles. The number of ether oxygens (including phenoxy) is 1. The van der Waals surface area contributed by atoms with Crippen LogP contribution in [0.5, 0.6) is 0 Å². The first-order valence-electron chi connectivity index (χ1n) is 6.19. The fourth-order valence-electron chi connectivity index (χ4n) is 2.08. The number of rotatable bonds is 2. The maximum Gasteiger partial charge on any atom is 0.272 e. The molecular weight excluding hydrogens is 246 g/mol. The van der Waals surface area contributed by atoms with Gasteiger partial charge in [-0.05, 0) is 19.1 Å². The van der Waals surface area contributed by atoms with E-state index in [1.807, 2.05) is 13.0 Å². The number of hydrogen-bond acceptors (Lipinski definition) is 5. The van der Waals surface area contributed by atoms with Gasteiger partial charge in [0.25, 0.3) is 5.56 Å². The molecule has 19 heavy (non-hydrogen) atoms. The molecule has 7 nitrogen and oxygen atoms in total. The molecule has 0 unspecified atom stereocenters. The number of nitrogens with one attached hydrogen (secondary N) is 1. The van der Waals surface area contributed by atoms with Crippen molar-refractivity contribution in [3.05, 3.63) is 34.2 Å². The van der Waals surface area contributed by atoms with Crippen LogP contribution in [0.25, 0.3) is 5.82 Å². The quantitative estimate of drug-likeness (QED) is 0.829. The topological polar surface area (TPSA) is 76.0 Å². The zero-order valence-electron chi connectivity index (χ0n) is 10.7. The highest BCUT2D eigenvalue weighted by molar-refractivity contribution is 5.39. The van der Waals surface area contributed by atoms with E-state index in [1.165, 1.54) is 10.7 Å². The number of aromatic nitrogens is 4. The van der Waals surface area contributed by atoms with Crippen molar-refractivity contribution in [2.45, 2.75) is 6.92 Å². The van der Waals surface area contributed by atoms with Gasteiger partial charge in [0, 0.05) is 24.8 Å². The predicted octanol–water partition coefficient (Wildman–Crippen LogP) is 0.101. The Balaban J connectivity index is 1.86. The SMILES string of the molecule is Cc1cc(=O)n(-c2ccc(N3CCOCC3)nn2)[nH]1. The zero-order valence-corrected chi connectivity index (χ0v) is 10.7. The minimum Gasteiger partial charge on any atom is -0.378 e. The molecule has 7 heteroatoms. The van der Waals surface area contributed by atoms with E-state index >= 15 is 0 Å². The maximum absolute atomic E-state index is 11.7. The summed E-state index contributed by atoms with van der Waals surface area (Å²) in [5.41, 5.74) is 0.662. The van der Waals surface area contributed by atoms with Gasteiger partial charge in [-0.25, -0.2) is 0 Å². The van der Waals surface area contributed by atoms with Crippen LogP contribution in [-0.4, -0.2) is 46.3 Å². The van der Waals surface area contributed by atoms with Crippen LogP contribution in [0.1, 0.15) is 5.69 Å². The third-order valence-electron chi connectivity index (χ3n) is 3.05. The molecule has 1 aliphatic rings. The average molecular weight is 261 g/mol. The third-order valence-corrected chi connectivity index (χ3v) is 3.05. The largest absolute Gasteiger partial charge is 0.378 e. The van der Waals surface area contributed by atoms with E-state index in [-0.39, 0.29) is 5.56 Å². The van der Waals surface area contributed by atoms with E-state index in [2.05, 4.69) is 20.2 Å². The Labute approximate surface area is 109 Å². The predicted molar refractivity (Wildman–Crippen MR) is 69.7 cm³/mol. The molecule has 0 radical (unpaired) electrons. The van der Waals surface area contributed by atoms with Crippen molar-refractivity contribution in [2.75, 3.05) is 31.2 Å². The van der Waals surface area contributed by atoms with Crippen LogP contribution in [0.3, 0.4) is 0 Å². The number of aryl methyl sites for hydroxylation is 1. The number of hydrogen-bond donors (Lipinski definition) is 1. The van der Waals surface area contributed by atoms with Gasteiger partial charge in [-0.2, -0.15) is 4.68 Å². The number of H-pyrrole nitrogens is 1. The molecule has 0 amide bonds. The molecule has 0 bridgehead atoms. The smallest absolute Gasteiger partial charge is 0.272 e. The first-order valence-corrected chi connectivity index (χ1v) is 6.19. The van der Waals surface area contributed by atoms with Crippen molar-refractivity contribution in [1.82, 2.24) is 20.0 Å². The average Bonchev–Trinajstić information content (AvgIpc) is 2.79. The van der Waals surface area contributed by atoms with E-state index in [4.69, 9.17) is 4.74 Å². The van der Waals surface area contributed by atoms with Gasteiger partial charge in [0.2, 0.25) is 0 Å². The summed E-state index contributed by atoms with van der Waals surface area (Å²) < 4.78 is 6.67. The molecule has 3 rings (SSSR count). The summed E-state index contributed by atoms with van der Waals surface area (Å²) in [7, 11) is 0. The minimum atomic E-state index is -0.133. The van der Waals surface area contributed by atoms with Crippen LogP contribution in [0, 0.1) is 6.92 Å². The molecule has 1 N–H and O–H groups in total. The van der Waals surface area contributed by atoms with Gasteiger partial charge in [-0.15, -0.1) is 10.2 Å². The van der Waals surface area contributed by atoms with Crippen molar-refractivity contribution in [2.24, 2.45) is 0 Å². The maximum atomic E-state index is 11.7. The van der Waals surface area contributed by atoms with Crippen LogP contribution in [0.2, 0.25) is 0 Å². The second-order valence-corrected chi connectivity index (χ2v) is 4.46. The molecular formula is C12H15N5O2. The van der Waals surface area contributed by atoms with Crippen molar-refractivity contribution >= 4 is 5.82 Å². The molecule has 100 valence electrons. The summed E-state index contributed by atoms with van der Waals surface area (Å²) in [6.07, 6.45) is 0. The Hall–Kier alpha value is -2.15. The normalized spacial score (nSPS) is 15.7. The number of morpholine rings is 1. The standard InChI is InChI=1S/C12H15N5O2/c1-9-8-12(18)17(15-9)11-3-2-10(13-14-11)16-4-6-19-7-5-16/h2-3,8,15H,4-7H2,1H3. The van der Waals surface area contributed by atoms with Crippen molar-refractivity contribution in [3.63, 3.8) is 0 Å². The number of anilines is 1. The Bertz CT molecular complexity index is 610. The van der Waals surface area contributed by atoms with E-state index in [1.54, 1.807) is 6.07 Å². The summed E-state index contributed by atoms with van der Waals surface area (Å²) in [5, 5.41) is 11.2. The molecule has 0 spiro atoms. The second-order valence-electron chi connectivity index (χ2n) is 4.46. The number of aromatic amines is 1. The molecule has 1 fully saturated rings. The Kier molecular flexibility index (Phi) is 3.04. The zero-order chi connectivity index (χ0) is 13.2. The van der Waals surface area contributed by atoms with Crippen molar-refractivity contribution in [1.29, 1.82) is 0 Å². The molecule has 0 saturated carbocycles. The van der Waals surface area contributed by atoms with Crippen LogP contribution >= 0.6 is 0 Å². The van der Waals surface area contributed by atoms with Gasteiger partial charge in [-0.1, -0.05) is 0 Å². The van der Waals surface area contributed by atoms with Gasteiger partial charge < -0.3 is 9.64 Å². The lowest BCUT2D eigenvalue weighted by atomic mass is 10.4. The fourth-order valence-corrected chi connectivity index (χ4v) is 2.08. The first kappa shape index (κ1) is 11.9. The van der Waals surface area contributed by atoms with Crippen LogP contribution < -0.4 is 10.5 Å². The lowest BCUT2D eigenvalue weighted by molar-refractivity contribution is 0.122. The van der Waals surface area contributed by atoms with Crippen LogP contribution in [0.4, 0.5) is 5.82 Å². The van der Waals surface area contributed by atoms with Crippen LogP contribution in [0.15, 0.2) is 23.0 Å². The molecule has 1 aliphatic heterocycles. The summed E-state index contributed by atoms with van der Waals surface area (Å²) in [5.74, 6) is 1.30. The van der Waals surface area contributed by atoms with Crippen molar-refractivity contribution in [3.8, 4) is 5.82 Å². The van der Waals surface area contributed by atoms with Gasteiger partial charge in [0.1, 0.15) is 0 Å². The molecule has 0 atom stereocenters. The van der Waals surface area contributed by atoms with Crippen LogP contribution in [-0.2, 0) is 4.74 Å². The van der Waals surface area contributed by atoms with E-state index in [0.717, 1.165) is 24.6 Å². The number of nitrogens with zero attached hydrogens (tertiary/aromatic N) is 4. The van der Waals surface area contributed by atoms with Gasteiger partial charge in [0.05, 0.1) is 13.2 Å². The Morgan fingerprint density at radius 3 is 2.47 bits per heavy atom. The monoisotopic (exact) mass is 261 g/mol. The highest BCUT2D eigenvalue weighted by Crippen LogP contribution is 2.12. The molecule has 0 aromatic carbocycles. The fraction of sp³-hybridized carbons (Fsp3) is 0.417. The molecule has 2 aromatic heterocycles. The molecule has 0 aliphatic carbocycles. The summed E-state index contributed by atoms with van der Waals surface area (Å²) in [4.78, 5) is 13.8. The lowest BCUT2D eigenvalue weighted by Crippen LogP contribution is -2.36. The van der Waals surface area contributed by atoms with Gasteiger partial charge in [0.15, 0.2) is 11.6 Å². The Morgan fingerprint density at radius 1 is 1.21 bits per heavy atom. The highest BCUT2D eigenvalue weighted by Gasteiger charge is 2.13. The summed E-state index contributed by atoms with van der Waals surface area (Å²) in [6, 6.07) is 5.18. The van der Waals surface area contributed by atoms with Gasteiger partial charge in [-0.3, -0.25) is 9.89 Å². The third kappa shape index (κ3) is 2.37. The summed E-state index contributed by atoms with van der Waals surface area (Å²) >= 11 is 0. The second kappa shape index (κ2) is 4.85. The lowest BCUT2D eigenvalue weighted by Gasteiger charge is -2.27. The summed E-state index contributed by atoms with van der Waals surface area (Å²) in [6.45, 7) is 4.87. The van der Waals surface area contributed by atoms with Gasteiger partial charge >= 0.3 is 0 Å². The van der Waals surface area contributed by atoms with E-state index in [9.17, 15) is 4.79 Å². The van der Waals surface area contributed by atoms with E-state index in [0.29, 0.717) is 19.0 Å². The Morgan fingerprint density at radius 2 is 1.89 bits per heavy atom. The molecule has 2 aromatic rings. The minimum absolute atomic E-state index is 0.133. The van der Waals surface area contributed by atoms with Crippen molar-refractivity contribution < 1.29 is 4.74 Å². The van der Waals surface area contributed by atoms with E-state index < -0.39 is 0 Å². The highest BCUT2D eigenvalue weighted by atomic mass is 16.5. The molecule has 1 saturated heterocycles. The first-order chi connectivity index (χ1) is 9.24.